The third-order valence-electron chi connectivity index (χ3n) is 5.48. The SMILES string of the molecule is COc1cccc(CNCc2c(C(=O)O)c(C)n(Cc3ccccc3C)c2C)c1. The standard InChI is InChI=1S/C24H28N2O3/c1-16-8-5-6-10-20(16)15-26-17(2)22(23(18(26)3)24(27)28)14-25-13-19-9-7-11-21(12-19)29-4/h5-12,25H,13-15H2,1-4H3,(H,27,28). The molecule has 29 heavy (non-hydrogen) atoms. The lowest BCUT2D eigenvalue weighted by Gasteiger charge is -2.12. The van der Waals surface area contributed by atoms with E-state index >= 15 is 0 Å². The van der Waals surface area contributed by atoms with Gasteiger partial charge in [-0.1, -0.05) is 36.4 Å². The van der Waals surface area contributed by atoms with E-state index in [1.54, 1.807) is 7.11 Å². The minimum atomic E-state index is -0.882. The molecule has 3 aromatic rings. The molecule has 0 radical (unpaired) electrons. The number of hydrogen-bond donors (Lipinski definition) is 2. The van der Waals surface area contributed by atoms with Gasteiger partial charge in [-0.2, -0.15) is 0 Å². The van der Waals surface area contributed by atoms with Crippen molar-refractivity contribution in [1.29, 1.82) is 0 Å². The van der Waals surface area contributed by atoms with Crippen LogP contribution in [0, 0.1) is 20.8 Å². The van der Waals surface area contributed by atoms with Crippen molar-refractivity contribution in [3.63, 3.8) is 0 Å². The smallest absolute Gasteiger partial charge is 0.337 e. The average Bonchev–Trinajstić information content (AvgIpc) is 2.94. The van der Waals surface area contributed by atoms with E-state index in [-0.39, 0.29) is 0 Å². The number of aromatic nitrogens is 1. The number of carboxylic acids is 1. The van der Waals surface area contributed by atoms with E-state index in [2.05, 4.69) is 28.9 Å². The van der Waals surface area contributed by atoms with E-state index in [1.165, 1.54) is 11.1 Å². The molecule has 0 aliphatic carbocycles. The predicted octanol–water partition coefficient (Wildman–Crippen LogP) is 4.46. The van der Waals surface area contributed by atoms with E-state index in [0.717, 1.165) is 28.3 Å². The highest BCUT2D eigenvalue weighted by atomic mass is 16.5. The minimum absolute atomic E-state index is 0.397. The molecule has 0 saturated carbocycles. The van der Waals surface area contributed by atoms with Crippen LogP contribution in [0.1, 0.15) is 44.0 Å². The normalized spacial score (nSPS) is 10.9. The van der Waals surface area contributed by atoms with Crippen molar-refractivity contribution in [3.05, 3.63) is 87.7 Å². The molecular formula is C24H28N2O3. The summed E-state index contributed by atoms with van der Waals surface area (Å²) in [5, 5.41) is 13.2. The second-order valence-corrected chi connectivity index (χ2v) is 7.30. The highest BCUT2D eigenvalue weighted by Gasteiger charge is 2.22. The molecule has 5 heteroatoms. The van der Waals surface area contributed by atoms with Crippen LogP contribution in [0.15, 0.2) is 48.5 Å². The zero-order valence-corrected chi connectivity index (χ0v) is 17.5. The number of benzene rings is 2. The topological polar surface area (TPSA) is 63.5 Å². The van der Waals surface area contributed by atoms with Crippen LogP contribution in [-0.4, -0.2) is 22.8 Å². The third kappa shape index (κ3) is 4.51. The van der Waals surface area contributed by atoms with Crippen LogP contribution in [0.25, 0.3) is 0 Å². The molecule has 0 spiro atoms. The Labute approximate surface area is 172 Å². The number of carboxylic acid groups (broad SMARTS) is 1. The van der Waals surface area contributed by atoms with Crippen LogP contribution in [0.2, 0.25) is 0 Å². The van der Waals surface area contributed by atoms with Crippen molar-refractivity contribution < 1.29 is 14.6 Å². The second kappa shape index (κ2) is 8.97. The van der Waals surface area contributed by atoms with E-state index in [0.29, 0.717) is 25.2 Å². The maximum atomic E-state index is 12.0. The molecule has 0 unspecified atom stereocenters. The Hall–Kier alpha value is -3.05. The highest BCUT2D eigenvalue weighted by molar-refractivity contribution is 5.91. The molecule has 5 nitrogen and oxygen atoms in total. The summed E-state index contributed by atoms with van der Waals surface area (Å²) < 4.78 is 7.37. The van der Waals surface area contributed by atoms with Gasteiger partial charge < -0.3 is 19.7 Å². The number of nitrogens with one attached hydrogen (secondary N) is 1. The lowest BCUT2D eigenvalue weighted by molar-refractivity contribution is 0.0694. The summed E-state index contributed by atoms with van der Waals surface area (Å²) in [6.07, 6.45) is 0. The zero-order chi connectivity index (χ0) is 21.0. The molecule has 0 atom stereocenters. The fourth-order valence-corrected chi connectivity index (χ4v) is 3.76. The van der Waals surface area contributed by atoms with Crippen molar-refractivity contribution in [2.24, 2.45) is 0 Å². The fraction of sp³-hybridized carbons (Fsp3) is 0.292. The number of rotatable bonds is 8. The lowest BCUT2D eigenvalue weighted by atomic mass is 10.1. The predicted molar refractivity (Wildman–Crippen MR) is 115 cm³/mol. The number of aryl methyl sites for hydroxylation is 1. The number of hydrogen-bond acceptors (Lipinski definition) is 3. The molecule has 0 amide bonds. The summed E-state index contributed by atoms with van der Waals surface area (Å²) in [6, 6.07) is 16.1. The number of methoxy groups -OCH3 is 1. The molecule has 1 aromatic heterocycles. The van der Waals surface area contributed by atoms with Crippen molar-refractivity contribution in [3.8, 4) is 5.75 Å². The summed E-state index contributed by atoms with van der Waals surface area (Å²) >= 11 is 0. The summed E-state index contributed by atoms with van der Waals surface area (Å²) in [5.41, 5.74) is 6.50. The maximum Gasteiger partial charge on any atom is 0.337 e. The average molecular weight is 392 g/mol. The fourth-order valence-electron chi connectivity index (χ4n) is 3.76. The van der Waals surface area contributed by atoms with Crippen LogP contribution in [0.3, 0.4) is 0 Å². The van der Waals surface area contributed by atoms with Crippen molar-refractivity contribution >= 4 is 5.97 Å². The molecule has 2 N–H and O–H groups in total. The van der Waals surface area contributed by atoms with Gasteiger partial charge in [-0.3, -0.25) is 0 Å². The highest BCUT2D eigenvalue weighted by Crippen LogP contribution is 2.25. The van der Waals surface area contributed by atoms with Crippen LogP contribution in [0.5, 0.6) is 5.75 Å². The number of carbonyl (C=O) groups is 1. The van der Waals surface area contributed by atoms with Crippen LogP contribution < -0.4 is 10.1 Å². The second-order valence-electron chi connectivity index (χ2n) is 7.30. The Morgan fingerprint density at radius 1 is 1.03 bits per heavy atom. The van der Waals surface area contributed by atoms with Gasteiger partial charge in [0.25, 0.3) is 0 Å². The molecule has 0 bridgehead atoms. The summed E-state index contributed by atoms with van der Waals surface area (Å²) in [4.78, 5) is 12.0. The van der Waals surface area contributed by atoms with Gasteiger partial charge in [0.15, 0.2) is 0 Å². The first-order valence-electron chi connectivity index (χ1n) is 9.72. The lowest BCUT2D eigenvalue weighted by Crippen LogP contribution is -2.15. The van der Waals surface area contributed by atoms with E-state index in [9.17, 15) is 9.90 Å². The minimum Gasteiger partial charge on any atom is -0.497 e. The molecule has 152 valence electrons. The number of ether oxygens (including phenoxy) is 1. The van der Waals surface area contributed by atoms with Gasteiger partial charge in [0.1, 0.15) is 5.75 Å². The molecule has 0 aliphatic rings. The van der Waals surface area contributed by atoms with Gasteiger partial charge in [-0.05, 0) is 49.6 Å². The Morgan fingerprint density at radius 2 is 1.79 bits per heavy atom. The van der Waals surface area contributed by atoms with E-state index in [1.807, 2.05) is 50.2 Å². The Bertz CT molecular complexity index is 1020. The van der Waals surface area contributed by atoms with Gasteiger partial charge in [-0.25, -0.2) is 4.79 Å². The third-order valence-corrected chi connectivity index (χ3v) is 5.48. The molecular weight excluding hydrogens is 364 g/mol. The van der Waals surface area contributed by atoms with Crippen molar-refractivity contribution in [1.82, 2.24) is 9.88 Å². The van der Waals surface area contributed by atoms with Gasteiger partial charge in [0.2, 0.25) is 0 Å². The molecule has 3 rings (SSSR count). The first kappa shape index (κ1) is 20.7. The molecule has 0 aliphatic heterocycles. The van der Waals surface area contributed by atoms with Crippen LogP contribution in [-0.2, 0) is 19.6 Å². The van der Waals surface area contributed by atoms with Crippen LogP contribution >= 0.6 is 0 Å². The first-order chi connectivity index (χ1) is 13.9. The summed E-state index contributed by atoms with van der Waals surface area (Å²) in [5.74, 6) is -0.0701. The monoisotopic (exact) mass is 392 g/mol. The Kier molecular flexibility index (Phi) is 6.39. The Morgan fingerprint density at radius 3 is 2.48 bits per heavy atom. The zero-order valence-electron chi connectivity index (χ0n) is 17.5. The van der Waals surface area contributed by atoms with Crippen molar-refractivity contribution in [2.45, 2.75) is 40.4 Å². The largest absolute Gasteiger partial charge is 0.497 e. The molecule has 2 aromatic carbocycles. The van der Waals surface area contributed by atoms with E-state index < -0.39 is 5.97 Å². The van der Waals surface area contributed by atoms with Gasteiger partial charge in [0.05, 0.1) is 12.7 Å². The van der Waals surface area contributed by atoms with Crippen molar-refractivity contribution in [2.75, 3.05) is 7.11 Å². The number of nitrogens with zero attached hydrogens (tertiary/aromatic N) is 1. The molecule has 0 saturated heterocycles. The van der Waals surface area contributed by atoms with Gasteiger partial charge in [-0.15, -0.1) is 0 Å². The quantitative estimate of drug-likeness (QED) is 0.594. The van der Waals surface area contributed by atoms with Gasteiger partial charge in [0, 0.05) is 36.6 Å². The number of aromatic carboxylic acids is 1. The Balaban J connectivity index is 1.84. The first-order valence-corrected chi connectivity index (χ1v) is 9.72. The molecule has 0 fully saturated rings. The summed E-state index contributed by atoms with van der Waals surface area (Å²) in [6.45, 7) is 7.77. The van der Waals surface area contributed by atoms with E-state index in [4.69, 9.17) is 4.74 Å². The van der Waals surface area contributed by atoms with Crippen LogP contribution in [0.4, 0.5) is 0 Å². The van der Waals surface area contributed by atoms with Gasteiger partial charge >= 0.3 is 5.97 Å². The summed E-state index contributed by atoms with van der Waals surface area (Å²) in [7, 11) is 1.65. The maximum absolute atomic E-state index is 12.0. The molecule has 1 heterocycles.